The lowest BCUT2D eigenvalue weighted by molar-refractivity contribution is 0.252. The van der Waals surface area contributed by atoms with Crippen molar-refractivity contribution >= 4 is 11.8 Å². The molecule has 0 N–H and O–H groups in total. The fraction of sp³-hybridized carbons (Fsp3) is 0.533. The number of unbranched alkanes of at least 4 members (excludes halogenated alkanes) is 6. The molecule has 1 saturated carbocycles. The summed E-state index contributed by atoms with van der Waals surface area (Å²) in [6, 6.07) is 15.7. The van der Waals surface area contributed by atoms with Gasteiger partial charge in [0.05, 0.1) is 0 Å². The van der Waals surface area contributed by atoms with E-state index in [9.17, 15) is 8.78 Å². The largest absolute Gasteiger partial charge is 0.288 e. The van der Waals surface area contributed by atoms with Gasteiger partial charge in [0.15, 0.2) is 0 Å². The molecular formula is C30H38F2S. The second kappa shape index (κ2) is 14.5. The van der Waals surface area contributed by atoms with Crippen LogP contribution in [0.15, 0.2) is 53.4 Å². The molecule has 1 aliphatic rings. The van der Waals surface area contributed by atoms with Gasteiger partial charge in [-0.15, -0.1) is 0 Å². The predicted molar refractivity (Wildman–Crippen MR) is 138 cm³/mol. The molecule has 0 nitrogen and oxygen atoms in total. The summed E-state index contributed by atoms with van der Waals surface area (Å²) in [5.74, 6) is 5.58. The van der Waals surface area contributed by atoms with Gasteiger partial charge < -0.3 is 0 Å². The molecule has 2 aromatic carbocycles. The van der Waals surface area contributed by atoms with Crippen LogP contribution in [0.3, 0.4) is 0 Å². The SMILES string of the molecule is CCCCCCCCC[C@H]1CC[C@H](c2ccc(C#Cc3ccc(SC(F)F)cc3)cc2)CC1. The minimum Gasteiger partial charge on any atom is -0.198 e. The average Bonchev–Trinajstić information content (AvgIpc) is 2.83. The summed E-state index contributed by atoms with van der Waals surface area (Å²) in [4.78, 5) is 0.567. The van der Waals surface area contributed by atoms with E-state index < -0.39 is 5.76 Å². The van der Waals surface area contributed by atoms with Crippen molar-refractivity contribution < 1.29 is 8.78 Å². The quantitative estimate of drug-likeness (QED) is 0.180. The number of benzene rings is 2. The highest BCUT2D eigenvalue weighted by atomic mass is 32.2. The van der Waals surface area contributed by atoms with E-state index in [1.54, 1.807) is 24.3 Å². The Balaban J connectivity index is 1.39. The molecule has 178 valence electrons. The minimum atomic E-state index is -2.39. The van der Waals surface area contributed by atoms with E-state index in [0.29, 0.717) is 22.6 Å². The first-order valence-electron chi connectivity index (χ1n) is 12.8. The maximum Gasteiger partial charge on any atom is 0.288 e. The van der Waals surface area contributed by atoms with Crippen molar-refractivity contribution in [1.82, 2.24) is 0 Å². The Labute approximate surface area is 204 Å². The summed E-state index contributed by atoms with van der Waals surface area (Å²) in [5.41, 5.74) is 3.29. The van der Waals surface area contributed by atoms with Crippen LogP contribution < -0.4 is 0 Å². The molecule has 2 aromatic rings. The molecule has 0 heterocycles. The fourth-order valence-corrected chi connectivity index (χ4v) is 5.38. The molecule has 1 fully saturated rings. The molecule has 3 heteroatoms. The van der Waals surface area contributed by atoms with Crippen LogP contribution in [-0.2, 0) is 0 Å². The second-order valence-electron chi connectivity index (χ2n) is 9.40. The summed E-state index contributed by atoms with van der Waals surface area (Å²) >= 11 is 0.563. The molecule has 0 amide bonds. The Morgan fingerprint density at radius 1 is 0.758 bits per heavy atom. The van der Waals surface area contributed by atoms with Crippen LogP contribution in [0, 0.1) is 17.8 Å². The van der Waals surface area contributed by atoms with Crippen molar-refractivity contribution in [2.24, 2.45) is 5.92 Å². The van der Waals surface area contributed by atoms with Gasteiger partial charge in [-0.05, 0) is 79.5 Å². The molecule has 1 aliphatic carbocycles. The van der Waals surface area contributed by atoms with Crippen molar-refractivity contribution in [2.45, 2.75) is 101 Å². The van der Waals surface area contributed by atoms with Gasteiger partial charge in [-0.3, -0.25) is 0 Å². The summed E-state index contributed by atoms with van der Waals surface area (Å²) < 4.78 is 24.8. The lowest BCUT2D eigenvalue weighted by Crippen LogP contribution is -2.13. The molecule has 0 aliphatic heterocycles. The Hall–Kier alpha value is -1.79. The van der Waals surface area contributed by atoms with Gasteiger partial charge in [0.25, 0.3) is 5.76 Å². The fourth-order valence-electron chi connectivity index (χ4n) is 4.88. The summed E-state index contributed by atoms with van der Waals surface area (Å²) in [7, 11) is 0. The van der Waals surface area contributed by atoms with E-state index in [-0.39, 0.29) is 0 Å². The number of halogens is 2. The van der Waals surface area contributed by atoms with E-state index in [1.165, 1.54) is 82.6 Å². The van der Waals surface area contributed by atoms with Crippen LogP contribution in [0.4, 0.5) is 8.78 Å². The molecule has 0 aromatic heterocycles. The maximum absolute atomic E-state index is 12.4. The first kappa shape index (κ1) is 25.8. The van der Waals surface area contributed by atoms with Crippen LogP contribution >= 0.6 is 11.8 Å². The van der Waals surface area contributed by atoms with Gasteiger partial charge in [0, 0.05) is 16.0 Å². The molecular weight excluding hydrogens is 430 g/mol. The number of thioether (sulfide) groups is 1. The molecule has 33 heavy (non-hydrogen) atoms. The zero-order chi connectivity index (χ0) is 23.3. The zero-order valence-electron chi connectivity index (χ0n) is 20.0. The monoisotopic (exact) mass is 468 g/mol. The third kappa shape index (κ3) is 9.54. The van der Waals surface area contributed by atoms with Crippen LogP contribution in [0.25, 0.3) is 0 Å². The van der Waals surface area contributed by atoms with Crippen molar-refractivity contribution in [1.29, 1.82) is 0 Å². The number of hydrogen-bond acceptors (Lipinski definition) is 1. The minimum absolute atomic E-state index is 0.563. The van der Waals surface area contributed by atoms with Gasteiger partial charge >= 0.3 is 0 Å². The zero-order valence-corrected chi connectivity index (χ0v) is 20.8. The third-order valence-electron chi connectivity index (χ3n) is 6.88. The summed E-state index contributed by atoms with van der Waals surface area (Å²) in [6.07, 6.45) is 16.7. The van der Waals surface area contributed by atoms with Crippen LogP contribution in [0.5, 0.6) is 0 Å². The second-order valence-corrected chi connectivity index (χ2v) is 10.5. The van der Waals surface area contributed by atoms with Crippen molar-refractivity contribution in [3.63, 3.8) is 0 Å². The Bertz CT molecular complexity index is 853. The van der Waals surface area contributed by atoms with E-state index in [0.717, 1.165) is 17.0 Å². The highest BCUT2D eigenvalue weighted by molar-refractivity contribution is 7.99. The summed E-state index contributed by atoms with van der Waals surface area (Å²) in [5, 5.41) is 0. The lowest BCUT2D eigenvalue weighted by Gasteiger charge is -2.29. The highest BCUT2D eigenvalue weighted by Gasteiger charge is 2.21. The van der Waals surface area contributed by atoms with E-state index in [1.807, 2.05) is 0 Å². The molecule has 0 atom stereocenters. The molecule has 3 rings (SSSR count). The standard InChI is InChI=1S/C30H38F2S/c1-2-3-4-5-6-7-8-9-24-12-18-27(19-13-24)28-20-14-25(15-21-28)10-11-26-16-22-29(23-17-26)33-30(31)32/h14-17,20-24,27,30H,2-9,12-13,18-19H2,1H3/t24-,27-. The predicted octanol–water partition coefficient (Wildman–Crippen LogP) is 9.82. The molecule has 0 spiro atoms. The molecule has 0 radical (unpaired) electrons. The van der Waals surface area contributed by atoms with E-state index in [2.05, 4.69) is 43.0 Å². The molecule has 0 unspecified atom stereocenters. The first-order valence-corrected chi connectivity index (χ1v) is 13.7. The van der Waals surface area contributed by atoms with Gasteiger partial charge in [0.1, 0.15) is 0 Å². The Kier molecular flexibility index (Phi) is 11.3. The first-order chi connectivity index (χ1) is 16.1. The topological polar surface area (TPSA) is 0 Å². The van der Waals surface area contributed by atoms with Crippen molar-refractivity contribution in [3.8, 4) is 11.8 Å². The van der Waals surface area contributed by atoms with Gasteiger partial charge in [0.2, 0.25) is 0 Å². The number of hydrogen-bond donors (Lipinski definition) is 0. The number of alkyl halides is 2. The third-order valence-corrected chi connectivity index (χ3v) is 7.60. The van der Waals surface area contributed by atoms with Gasteiger partial charge in [-0.1, -0.05) is 94.0 Å². The smallest absolute Gasteiger partial charge is 0.198 e. The lowest BCUT2D eigenvalue weighted by atomic mass is 9.77. The molecule has 0 saturated heterocycles. The average molecular weight is 469 g/mol. The molecule has 0 bridgehead atoms. The van der Waals surface area contributed by atoms with Gasteiger partial charge in [-0.2, -0.15) is 8.78 Å². The Morgan fingerprint density at radius 3 is 1.88 bits per heavy atom. The van der Waals surface area contributed by atoms with E-state index in [4.69, 9.17) is 0 Å². The summed E-state index contributed by atoms with van der Waals surface area (Å²) in [6.45, 7) is 2.28. The van der Waals surface area contributed by atoms with E-state index >= 15 is 0 Å². The van der Waals surface area contributed by atoms with Crippen LogP contribution in [0.1, 0.15) is 107 Å². The van der Waals surface area contributed by atoms with Gasteiger partial charge in [-0.25, -0.2) is 0 Å². The highest BCUT2D eigenvalue weighted by Crippen LogP contribution is 2.37. The van der Waals surface area contributed by atoms with Crippen LogP contribution in [0.2, 0.25) is 0 Å². The maximum atomic E-state index is 12.4. The van der Waals surface area contributed by atoms with Crippen molar-refractivity contribution in [2.75, 3.05) is 0 Å². The van der Waals surface area contributed by atoms with Crippen molar-refractivity contribution in [3.05, 3.63) is 65.2 Å². The Morgan fingerprint density at radius 2 is 1.30 bits per heavy atom. The number of rotatable bonds is 11. The van der Waals surface area contributed by atoms with Crippen LogP contribution in [-0.4, -0.2) is 5.76 Å². The normalized spacial score (nSPS) is 18.2.